The molecule has 6 nitrogen and oxygen atoms in total. The van der Waals surface area contributed by atoms with Crippen LogP contribution in [0.3, 0.4) is 0 Å². The van der Waals surface area contributed by atoms with Gasteiger partial charge in [0.15, 0.2) is 0 Å². The van der Waals surface area contributed by atoms with Crippen LogP contribution >= 0.6 is 0 Å². The van der Waals surface area contributed by atoms with Crippen molar-refractivity contribution >= 4 is 49.1 Å². The molecule has 0 N–H and O–H groups in total. The van der Waals surface area contributed by atoms with E-state index in [1.165, 1.54) is 10.9 Å². The first-order valence-corrected chi connectivity index (χ1v) is 15.8. The summed E-state index contributed by atoms with van der Waals surface area (Å²) in [6, 6.07) is 39.8. The number of aromatic nitrogens is 4. The van der Waals surface area contributed by atoms with Crippen LogP contribution in [0.1, 0.15) is 25.0 Å². The molecular formula is C41H28N4O2. The second kappa shape index (κ2) is 9.44. The Balaban J connectivity index is 1.15. The summed E-state index contributed by atoms with van der Waals surface area (Å²) >= 11 is 0. The van der Waals surface area contributed by atoms with Crippen molar-refractivity contribution in [2.75, 3.05) is 0 Å². The van der Waals surface area contributed by atoms with E-state index in [9.17, 15) is 0 Å². The highest BCUT2D eigenvalue weighted by Gasteiger charge is 2.35. The van der Waals surface area contributed by atoms with Crippen molar-refractivity contribution in [1.29, 1.82) is 0 Å². The molecule has 0 saturated heterocycles. The number of para-hydroxylation sites is 2. The molecule has 47 heavy (non-hydrogen) atoms. The van der Waals surface area contributed by atoms with E-state index < -0.39 is 0 Å². The lowest BCUT2D eigenvalue weighted by atomic mass is 9.75. The largest absolute Gasteiger partial charge is 0.457 e. The molecule has 0 atom stereocenters. The number of hydrogen-bond acceptors (Lipinski definition) is 4. The number of pyridine rings is 2. The van der Waals surface area contributed by atoms with Gasteiger partial charge in [-0.1, -0.05) is 56.3 Å². The van der Waals surface area contributed by atoms with Gasteiger partial charge in [-0.2, -0.15) is 0 Å². The van der Waals surface area contributed by atoms with E-state index in [1.54, 1.807) is 0 Å². The standard InChI is InChI=1S/C41H28N4O2/c1-41(2)32-10-4-6-12-37(32)47-38-24-36-30(23-33(38)41)29-17-15-26(22-35(29)45(36)39-13-7-8-18-42-39)46-25-14-16-27-28-9-3-5-11-34(28)44-20-19-43-40(44)31(27)21-25/h3-24H,1-2H3. The lowest BCUT2D eigenvalue weighted by molar-refractivity contribution is 0.419. The first kappa shape index (κ1) is 26.1. The van der Waals surface area contributed by atoms with Crippen molar-refractivity contribution < 1.29 is 9.47 Å². The molecule has 0 spiro atoms. The third kappa shape index (κ3) is 3.72. The number of ether oxygens (including phenoxy) is 2. The molecule has 9 aromatic rings. The number of benzene rings is 5. The predicted octanol–water partition coefficient (Wildman–Crippen LogP) is 10.4. The highest BCUT2D eigenvalue weighted by Crippen LogP contribution is 2.50. The van der Waals surface area contributed by atoms with Gasteiger partial charge in [-0.3, -0.25) is 8.97 Å². The fraction of sp³-hybridized carbons (Fsp3) is 0.0732. The molecule has 0 aliphatic carbocycles. The zero-order valence-electron chi connectivity index (χ0n) is 25.8. The third-order valence-electron chi connectivity index (χ3n) is 9.73. The molecule has 0 fully saturated rings. The van der Waals surface area contributed by atoms with Crippen molar-refractivity contribution in [2.24, 2.45) is 0 Å². The minimum absolute atomic E-state index is 0.220. The summed E-state index contributed by atoms with van der Waals surface area (Å²) in [6.07, 6.45) is 5.69. The topological polar surface area (TPSA) is 53.6 Å². The first-order valence-electron chi connectivity index (χ1n) is 15.8. The van der Waals surface area contributed by atoms with Gasteiger partial charge in [-0.15, -0.1) is 0 Å². The van der Waals surface area contributed by atoms with Crippen molar-refractivity contribution in [1.82, 2.24) is 18.9 Å². The summed E-state index contributed by atoms with van der Waals surface area (Å²) in [5.41, 5.74) is 6.22. The molecule has 0 bridgehead atoms. The number of imidazole rings is 1. The van der Waals surface area contributed by atoms with Gasteiger partial charge in [0.2, 0.25) is 0 Å². The van der Waals surface area contributed by atoms with E-state index in [2.05, 4.69) is 108 Å². The third-order valence-corrected chi connectivity index (χ3v) is 9.73. The van der Waals surface area contributed by atoms with Crippen molar-refractivity contribution in [3.05, 3.63) is 145 Å². The van der Waals surface area contributed by atoms with Gasteiger partial charge in [-0.25, -0.2) is 9.97 Å². The Bertz CT molecular complexity index is 2720. The molecule has 6 heteroatoms. The quantitative estimate of drug-likeness (QED) is 0.187. The summed E-state index contributed by atoms with van der Waals surface area (Å²) < 4.78 is 17.5. The van der Waals surface area contributed by atoms with Gasteiger partial charge >= 0.3 is 0 Å². The zero-order valence-corrected chi connectivity index (χ0v) is 25.8. The summed E-state index contributed by atoms with van der Waals surface area (Å²) in [6.45, 7) is 4.54. The fourth-order valence-electron chi connectivity index (χ4n) is 7.48. The predicted molar refractivity (Wildman–Crippen MR) is 187 cm³/mol. The molecule has 5 aromatic carbocycles. The summed E-state index contributed by atoms with van der Waals surface area (Å²) in [5.74, 6) is 4.09. The monoisotopic (exact) mass is 608 g/mol. The normalized spacial score (nSPS) is 13.7. The number of fused-ring (bicyclic) bond motifs is 11. The van der Waals surface area contributed by atoms with Gasteiger partial charge < -0.3 is 9.47 Å². The molecule has 4 aromatic heterocycles. The molecule has 1 aliphatic heterocycles. The summed E-state index contributed by atoms with van der Waals surface area (Å²) in [5, 5.41) is 5.64. The maximum absolute atomic E-state index is 6.60. The molecule has 5 heterocycles. The van der Waals surface area contributed by atoms with Crippen molar-refractivity contribution in [3.8, 4) is 28.8 Å². The highest BCUT2D eigenvalue weighted by atomic mass is 16.5. The Morgan fingerprint density at radius 1 is 0.574 bits per heavy atom. The van der Waals surface area contributed by atoms with Gasteiger partial charge in [0.25, 0.3) is 0 Å². The Morgan fingerprint density at radius 3 is 2.23 bits per heavy atom. The van der Waals surface area contributed by atoms with Gasteiger partial charge in [0.05, 0.1) is 16.6 Å². The maximum atomic E-state index is 6.60. The zero-order chi connectivity index (χ0) is 31.3. The van der Waals surface area contributed by atoms with E-state index in [0.29, 0.717) is 0 Å². The Hall–Kier alpha value is -6.14. The summed E-state index contributed by atoms with van der Waals surface area (Å²) in [7, 11) is 0. The van der Waals surface area contributed by atoms with E-state index >= 15 is 0 Å². The van der Waals surface area contributed by atoms with Crippen LogP contribution in [0.4, 0.5) is 0 Å². The molecule has 0 amide bonds. The SMILES string of the molecule is CC1(C)c2ccccc2Oc2cc3c(cc21)c1ccc(Oc2ccc4c5ccccc5n5ccnc5c4c2)cc1n3-c1ccccn1. The molecule has 10 rings (SSSR count). The van der Waals surface area contributed by atoms with Crippen LogP contribution in [0.2, 0.25) is 0 Å². The average molecular weight is 609 g/mol. The lowest BCUT2D eigenvalue weighted by Crippen LogP contribution is -2.24. The molecule has 0 unspecified atom stereocenters. The number of nitrogens with zero attached hydrogens (tertiary/aromatic N) is 4. The van der Waals surface area contributed by atoms with Gasteiger partial charge in [0.1, 0.15) is 34.5 Å². The Labute approximate surface area is 270 Å². The van der Waals surface area contributed by atoms with E-state index in [-0.39, 0.29) is 5.41 Å². The number of hydrogen-bond donors (Lipinski definition) is 0. The molecule has 0 radical (unpaired) electrons. The van der Waals surface area contributed by atoms with E-state index in [1.807, 2.05) is 48.9 Å². The molecular weight excluding hydrogens is 580 g/mol. The molecule has 0 saturated carbocycles. The van der Waals surface area contributed by atoms with Crippen LogP contribution in [0.5, 0.6) is 23.0 Å². The second-order valence-electron chi connectivity index (χ2n) is 12.7. The molecule has 1 aliphatic rings. The van der Waals surface area contributed by atoms with E-state index in [0.717, 1.165) is 78.1 Å². The smallest absolute Gasteiger partial charge is 0.145 e. The van der Waals surface area contributed by atoms with Crippen molar-refractivity contribution in [3.63, 3.8) is 0 Å². The number of rotatable bonds is 3. The minimum atomic E-state index is -0.220. The lowest BCUT2D eigenvalue weighted by Gasteiger charge is -2.34. The second-order valence-corrected chi connectivity index (χ2v) is 12.7. The minimum Gasteiger partial charge on any atom is -0.457 e. The van der Waals surface area contributed by atoms with Crippen LogP contribution in [-0.4, -0.2) is 18.9 Å². The van der Waals surface area contributed by atoms with E-state index in [4.69, 9.17) is 19.4 Å². The van der Waals surface area contributed by atoms with Crippen LogP contribution in [0.25, 0.3) is 54.9 Å². The van der Waals surface area contributed by atoms with Crippen LogP contribution in [-0.2, 0) is 5.41 Å². The van der Waals surface area contributed by atoms with Gasteiger partial charge in [0, 0.05) is 68.8 Å². The first-order chi connectivity index (χ1) is 23.0. The molecule has 224 valence electrons. The van der Waals surface area contributed by atoms with Crippen LogP contribution in [0.15, 0.2) is 134 Å². The highest BCUT2D eigenvalue weighted by molar-refractivity contribution is 6.12. The summed E-state index contributed by atoms with van der Waals surface area (Å²) in [4.78, 5) is 9.47. The Morgan fingerprint density at radius 2 is 1.34 bits per heavy atom. The van der Waals surface area contributed by atoms with Crippen LogP contribution in [0, 0.1) is 0 Å². The van der Waals surface area contributed by atoms with Crippen molar-refractivity contribution in [2.45, 2.75) is 19.3 Å². The average Bonchev–Trinajstić information content (AvgIpc) is 3.71. The maximum Gasteiger partial charge on any atom is 0.145 e. The van der Waals surface area contributed by atoms with Gasteiger partial charge in [-0.05, 0) is 66.0 Å². The van der Waals surface area contributed by atoms with Crippen LogP contribution < -0.4 is 9.47 Å². The Kier molecular flexibility index (Phi) is 5.24. The fourth-order valence-corrected chi connectivity index (χ4v) is 7.48.